The van der Waals surface area contributed by atoms with Crippen LogP contribution < -0.4 is 4.90 Å². The number of hydrogen-bond acceptors (Lipinski definition) is 3. The van der Waals surface area contributed by atoms with Crippen molar-refractivity contribution in [2.24, 2.45) is 0 Å². The highest BCUT2D eigenvalue weighted by Gasteiger charge is 2.27. The van der Waals surface area contributed by atoms with Gasteiger partial charge in [0.1, 0.15) is 5.65 Å². The summed E-state index contributed by atoms with van der Waals surface area (Å²) in [6.45, 7) is 6.83. The molecule has 5 heteroatoms. The Balaban J connectivity index is 1.36. The number of para-hydroxylation sites is 1. The van der Waals surface area contributed by atoms with Crippen LogP contribution in [0.3, 0.4) is 0 Å². The average molecular weight is 362 g/mol. The molecule has 0 aliphatic carbocycles. The van der Waals surface area contributed by atoms with Crippen LogP contribution in [0.4, 0.5) is 5.69 Å². The highest BCUT2D eigenvalue weighted by Crippen LogP contribution is 2.23. The zero-order valence-corrected chi connectivity index (χ0v) is 16.0. The maximum Gasteiger partial charge on any atom is 0.223 e. The summed E-state index contributed by atoms with van der Waals surface area (Å²) in [7, 11) is 0. The molecule has 1 aliphatic heterocycles. The number of carbonyl (C=O) groups excluding carboxylic acids is 1. The fourth-order valence-corrected chi connectivity index (χ4v) is 3.95. The zero-order chi connectivity index (χ0) is 18.8. The summed E-state index contributed by atoms with van der Waals surface area (Å²) < 4.78 is 2.00. The van der Waals surface area contributed by atoms with Crippen LogP contribution in [0, 0.1) is 6.92 Å². The second kappa shape index (κ2) is 7.43. The second-order valence-electron chi connectivity index (χ2n) is 7.37. The summed E-state index contributed by atoms with van der Waals surface area (Å²) in [6, 6.07) is 14.6. The molecule has 0 N–H and O–H groups in total. The topological polar surface area (TPSA) is 40.9 Å². The molecule has 0 bridgehead atoms. The SMILES string of the molecule is Cc1ccccc1N1CCN(C(=O)CCc2cn3ccccc3n2)[C@@H](C)C1. The van der Waals surface area contributed by atoms with Gasteiger partial charge in [-0.15, -0.1) is 0 Å². The molecule has 140 valence electrons. The molecule has 1 fully saturated rings. The Kier molecular flexibility index (Phi) is 4.84. The minimum absolute atomic E-state index is 0.215. The number of hydrogen-bond donors (Lipinski definition) is 0. The summed E-state index contributed by atoms with van der Waals surface area (Å²) in [5.74, 6) is 0.226. The first-order valence-corrected chi connectivity index (χ1v) is 9.64. The molecule has 3 heterocycles. The molecule has 0 saturated carbocycles. The van der Waals surface area contributed by atoms with E-state index in [1.165, 1.54) is 11.3 Å². The van der Waals surface area contributed by atoms with Crippen molar-refractivity contribution in [1.29, 1.82) is 0 Å². The molecule has 1 saturated heterocycles. The van der Waals surface area contributed by atoms with E-state index in [4.69, 9.17) is 0 Å². The Morgan fingerprint density at radius 3 is 2.74 bits per heavy atom. The Hall–Kier alpha value is -2.82. The van der Waals surface area contributed by atoms with Crippen molar-refractivity contribution in [3.05, 3.63) is 66.1 Å². The van der Waals surface area contributed by atoms with Gasteiger partial charge in [-0.2, -0.15) is 0 Å². The Morgan fingerprint density at radius 2 is 1.96 bits per heavy atom. The number of pyridine rings is 1. The number of aromatic nitrogens is 2. The normalized spacial score (nSPS) is 17.5. The predicted molar refractivity (Wildman–Crippen MR) is 108 cm³/mol. The third-order valence-electron chi connectivity index (χ3n) is 5.41. The molecular formula is C22H26N4O. The number of piperazine rings is 1. The van der Waals surface area contributed by atoms with Gasteiger partial charge in [-0.05, 0) is 44.0 Å². The van der Waals surface area contributed by atoms with Gasteiger partial charge in [0, 0.05) is 50.2 Å². The number of nitrogens with zero attached hydrogens (tertiary/aromatic N) is 4. The van der Waals surface area contributed by atoms with E-state index < -0.39 is 0 Å². The number of aryl methyl sites for hydroxylation is 2. The van der Waals surface area contributed by atoms with E-state index in [2.05, 4.69) is 48.0 Å². The van der Waals surface area contributed by atoms with Crippen LogP contribution in [0.1, 0.15) is 24.6 Å². The lowest BCUT2D eigenvalue weighted by molar-refractivity contribution is -0.133. The van der Waals surface area contributed by atoms with Gasteiger partial charge in [-0.1, -0.05) is 24.3 Å². The number of rotatable bonds is 4. The molecule has 1 atom stereocenters. The molecule has 1 amide bonds. The summed E-state index contributed by atoms with van der Waals surface area (Å²) in [4.78, 5) is 21.8. The number of carbonyl (C=O) groups is 1. The fraction of sp³-hybridized carbons (Fsp3) is 0.364. The lowest BCUT2D eigenvalue weighted by Crippen LogP contribution is -2.54. The van der Waals surface area contributed by atoms with E-state index in [1.807, 2.05) is 39.9 Å². The number of anilines is 1. The van der Waals surface area contributed by atoms with Crippen LogP contribution in [0.25, 0.3) is 5.65 Å². The van der Waals surface area contributed by atoms with Crippen LogP contribution in [-0.4, -0.2) is 45.9 Å². The smallest absolute Gasteiger partial charge is 0.223 e. The summed E-state index contributed by atoms with van der Waals surface area (Å²) in [5, 5.41) is 0. The van der Waals surface area contributed by atoms with Crippen LogP contribution in [0.15, 0.2) is 54.9 Å². The van der Waals surface area contributed by atoms with Crippen molar-refractivity contribution in [3.63, 3.8) is 0 Å². The van der Waals surface area contributed by atoms with Crippen molar-refractivity contribution in [3.8, 4) is 0 Å². The lowest BCUT2D eigenvalue weighted by atomic mass is 10.1. The minimum Gasteiger partial charge on any atom is -0.367 e. The first-order chi connectivity index (χ1) is 13.1. The molecule has 2 aromatic heterocycles. The maximum absolute atomic E-state index is 12.8. The molecule has 5 nitrogen and oxygen atoms in total. The van der Waals surface area contributed by atoms with E-state index in [0.717, 1.165) is 31.0 Å². The van der Waals surface area contributed by atoms with Crippen LogP contribution in [-0.2, 0) is 11.2 Å². The van der Waals surface area contributed by atoms with Gasteiger partial charge in [-0.25, -0.2) is 4.98 Å². The van der Waals surface area contributed by atoms with Crippen LogP contribution in [0.5, 0.6) is 0 Å². The molecule has 1 aromatic carbocycles. The van der Waals surface area contributed by atoms with Gasteiger partial charge in [0.05, 0.1) is 5.69 Å². The monoisotopic (exact) mass is 362 g/mol. The number of benzene rings is 1. The van der Waals surface area contributed by atoms with E-state index in [9.17, 15) is 4.79 Å². The minimum atomic E-state index is 0.215. The first kappa shape index (κ1) is 17.6. The first-order valence-electron chi connectivity index (χ1n) is 9.64. The van der Waals surface area contributed by atoms with Crippen LogP contribution in [0.2, 0.25) is 0 Å². The van der Waals surface area contributed by atoms with Crippen LogP contribution >= 0.6 is 0 Å². The van der Waals surface area contributed by atoms with Crippen molar-refractivity contribution in [2.75, 3.05) is 24.5 Å². The highest BCUT2D eigenvalue weighted by atomic mass is 16.2. The third-order valence-corrected chi connectivity index (χ3v) is 5.41. The van der Waals surface area contributed by atoms with Gasteiger partial charge in [0.15, 0.2) is 0 Å². The van der Waals surface area contributed by atoms with Crippen molar-refractivity contribution >= 4 is 17.2 Å². The van der Waals surface area contributed by atoms with Gasteiger partial charge in [-0.3, -0.25) is 4.79 Å². The van der Waals surface area contributed by atoms with Gasteiger partial charge < -0.3 is 14.2 Å². The van der Waals surface area contributed by atoms with E-state index in [1.54, 1.807) is 0 Å². The third kappa shape index (κ3) is 3.68. The fourth-order valence-electron chi connectivity index (χ4n) is 3.95. The largest absolute Gasteiger partial charge is 0.367 e. The van der Waals surface area contributed by atoms with Crippen molar-refractivity contribution in [2.45, 2.75) is 32.7 Å². The maximum atomic E-state index is 12.8. The zero-order valence-electron chi connectivity index (χ0n) is 16.0. The molecule has 4 rings (SSSR count). The van der Waals surface area contributed by atoms with E-state index in [0.29, 0.717) is 12.8 Å². The lowest BCUT2D eigenvalue weighted by Gasteiger charge is -2.41. The molecule has 3 aromatic rings. The summed E-state index contributed by atoms with van der Waals surface area (Å²) >= 11 is 0. The molecule has 0 radical (unpaired) electrons. The second-order valence-corrected chi connectivity index (χ2v) is 7.37. The Morgan fingerprint density at radius 1 is 1.15 bits per heavy atom. The number of amides is 1. The standard InChI is InChI=1S/C22H26N4O/c1-17-7-3-4-8-20(17)24-13-14-26(18(2)15-24)22(27)11-10-19-16-25-12-6-5-9-21(25)23-19/h3-9,12,16,18H,10-11,13-15H2,1-2H3/t18-/m0/s1. The average Bonchev–Trinajstić information content (AvgIpc) is 3.09. The van der Waals surface area contributed by atoms with Crippen molar-refractivity contribution < 1.29 is 4.79 Å². The molecule has 27 heavy (non-hydrogen) atoms. The predicted octanol–water partition coefficient (Wildman–Crippen LogP) is 3.31. The Labute approximate surface area is 160 Å². The number of imidazole rings is 1. The molecule has 0 unspecified atom stereocenters. The van der Waals surface area contributed by atoms with E-state index in [-0.39, 0.29) is 11.9 Å². The van der Waals surface area contributed by atoms with E-state index >= 15 is 0 Å². The molecular weight excluding hydrogens is 336 g/mol. The highest BCUT2D eigenvalue weighted by molar-refractivity contribution is 5.77. The summed E-state index contributed by atoms with van der Waals surface area (Å²) in [5.41, 5.74) is 4.47. The molecule has 0 spiro atoms. The van der Waals surface area contributed by atoms with Crippen molar-refractivity contribution in [1.82, 2.24) is 14.3 Å². The number of fused-ring (bicyclic) bond motifs is 1. The van der Waals surface area contributed by atoms with Gasteiger partial charge >= 0.3 is 0 Å². The van der Waals surface area contributed by atoms with Gasteiger partial charge in [0.2, 0.25) is 5.91 Å². The van der Waals surface area contributed by atoms with Gasteiger partial charge in [0.25, 0.3) is 0 Å². The summed E-state index contributed by atoms with van der Waals surface area (Å²) in [6.07, 6.45) is 5.20. The molecule has 1 aliphatic rings. The quantitative estimate of drug-likeness (QED) is 0.715. The Bertz CT molecular complexity index is 915.